The fourth-order valence-electron chi connectivity index (χ4n) is 1.02. The minimum Gasteiger partial charge on any atom is -0.387 e. The zero-order valence-electron chi connectivity index (χ0n) is 7.19. The zero-order valence-corrected chi connectivity index (χ0v) is 8.70. The van der Waals surface area contributed by atoms with Gasteiger partial charge in [0.05, 0.1) is 11.3 Å². The molecule has 0 saturated carbocycles. The van der Waals surface area contributed by atoms with Crippen molar-refractivity contribution in [2.75, 3.05) is 12.4 Å². The van der Waals surface area contributed by atoms with Crippen molar-refractivity contribution in [3.8, 4) is 0 Å². The molecular formula is C8H8Cl2N2O. The van der Waals surface area contributed by atoms with E-state index < -0.39 is 0 Å². The highest BCUT2D eigenvalue weighted by atomic mass is 35.5. The van der Waals surface area contributed by atoms with Gasteiger partial charge in [0.1, 0.15) is 10.3 Å². The Morgan fingerprint density at radius 3 is 2.62 bits per heavy atom. The van der Waals surface area contributed by atoms with Crippen molar-refractivity contribution < 1.29 is 4.79 Å². The number of nitrogens with one attached hydrogen (secondary N) is 1. The van der Waals surface area contributed by atoms with E-state index in [-0.39, 0.29) is 16.1 Å². The molecule has 1 aromatic rings. The van der Waals surface area contributed by atoms with Crippen LogP contribution in [0, 0.1) is 0 Å². The molecule has 0 saturated heterocycles. The largest absolute Gasteiger partial charge is 0.387 e. The summed E-state index contributed by atoms with van der Waals surface area (Å²) in [5.74, 6) is -0.140. The Morgan fingerprint density at radius 1 is 1.54 bits per heavy atom. The lowest BCUT2D eigenvalue weighted by atomic mass is 10.2. The van der Waals surface area contributed by atoms with Crippen LogP contribution in [0.25, 0.3) is 0 Å². The van der Waals surface area contributed by atoms with Crippen LogP contribution in [0.1, 0.15) is 17.3 Å². The van der Waals surface area contributed by atoms with Gasteiger partial charge in [0, 0.05) is 7.05 Å². The Labute approximate surface area is 86.1 Å². The van der Waals surface area contributed by atoms with E-state index in [4.69, 9.17) is 23.2 Å². The van der Waals surface area contributed by atoms with Crippen molar-refractivity contribution in [2.45, 2.75) is 6.92 Å². The van der Waals surface area contributed by atoms with Gasteiger partial charge in [0.15, 0.2) is 5.78 Å². The minimum absolute atomic E-state index is 0.129. The van der Waals surface area contributed by atoms with Crippen molar-refractivity contribution in [1.29, 1.82) is 0 Å². The third kappa shape index (κ3) is 2.11. The first-order chi connectivity index (χ1) is 6.06. The average Bonchev–Trinajstić information content (AvgIpc) is 2.01. The fourth-order valence-corrected chi connectivity index (χ4v) is 1.58. The number of rotatable bonds is 2. The highest BCUT2D eigenvalue weighted by Gasteiger charge is 2.13. The molecule has 70 valence electrons. The number of ketones is 1. The quantitative estimate of drug-likeness (QED) is 0.614. The van der Waals surface area contributed by atoms with Crippen LogP contribution in [0.3, 0.4) is 0 Å². The van der Waals surface area contributed by atoms with E-state index in [0.29, 0.717) is 11.3 Å². The van der Waals surface area contributed by atoms with E-state index in [1.807, 2.05) is 0 Å². The zero-order chi connectivity index (χ0) is 10.0. The molecule has 0 fully saturated rings. The maximum absolute atomic E-state index is 11.1. The number of nitrogens with zero attached hydrogens (tertiary/aromatic N) is 1. The van der Waals surface area contributed by atoms with E-state index in [2.05, 4.69) is 10.3 Å². The number of aromatic nitrogens is 1. The molecule has 1 heterocycles. The van der Waals surface area contributed by atoms with Crippen molar-refractivity contribution in [3.05, 3.63) is 21.9 Å². The van der Waals surface area contributed by atoms with E-state index >= 15 is 0 Å². The van der Waals surface area contributed by atoms with Gasteiger partial charge in [-0.3, -0.25) is 4.79 Å². The molecule has 0 aliphatic carbocycles. The second kappa shape index (κ2) is 3.94. The van der Waals surface area contributed by atoms with Gasteiger partial charge in [-0.2, -0.15) is 0 Å². The average molecular weight is 219 g/mol. The van der Waals surface area contributed by atoms with Crippen molar-refractivity contribution >= 4 is 34.7 Å². The van der Waals surface area contributed by atoms with Gasteiger partial charge in [-0.25, -0.2) is 4.98 Å². The summed E-state index contributed by atoms with van der Waals surface area (Å²) in [7, 11) is 1.69. The molecule has 0 bridgehead atoms. The molecule has 1 N–H and O–H groups in total. The number of Topliss-reactive ketones (excluding diaryl/α,β-unsaturated/α-hetero) is 1. The summed E-state index contributed by atoms with van der Waals surface area (Å²) < 4.78 is 0. The van der Waals surface area contributed by atoms with Gasteiger partial charge >= 0.3 is 0 Å². The number of carbonyl (C=O) groups is 1. The molecular weight excluding hydrogens is 211 g/mol. The van der Waals surface area contributed by atoms with Crippen LogP contribution in [-0.4, -0.2) is 17.8 Å². The third-order valence-corrected chi connectivity index (χ3v) is 2.03. The van der Waals surface area contributed by atoms with Crippen LogP contribution in [-0.2, 0) is 0 Å². The van der Waals surface area contributed by atoms with Crippen LogP contribution >= 0.6 is 23.2 Å². The van der Waals surface area contributed by atoms with E-state index in [0.717, 1.165) is 0 Å². The maximum atomic E-state index is 11.1. The summed E-state index contributed by atoms with van der Waals surface area (Å²) in [6.07, 6.45) is 0. The highest BCUT2D eigenvalue weighted by molar-refractivity contribution is 6.35. The Bertz CT molecular complexity index is 352. The topological polar surface area (TPSA) is 42.0 Å². The third-order valence-electron chi connectivity index (χ3n) is 1.57. The molecule has 5 heteroatoms. The van der Waals surface area contributed by atoms with Crippen LogP contribution in [0.15, 0.2) is 6.07 Å². The Kier molecular flexibility index (Phi) is 3.12. The first-order valence-corrected chi connectivity index (χ1v) is 4.36. The van der Waals surface area contributed by atoms with Gasteiger partial charge in [-0.1, -0.05) is 23.2 Å². The van der Waals surface area contributed by atoms with Crippen molar-refractivity contribution in [2.24, 2.45) is 0 Å². The maximum Gasteiger partial charge on any atom is 0.164 e. The summed E-state index contributed by atoms with van der Waals surface area (Å²) in [6, 6.07) is 1.56. The molecule has 0 unspecified atom stereocenters. The summed E-state index contributed by atoms with van der Waals surface area (Å²) in [6.45, 7) is 1.43. The smallest absolute Gasteiger partial charge is 0.164 e. The van der Waals surface area contributed by atoms with E-state index in [1.165, 1.54) is 6.92 Å². The molecule has 0 radical (unpaired) electrons. The SMILES string of the molecule is CNc1cc(Cl)nc(Cl)c1C(C)=O. The Morgan fingerprint density at radius 2 is 2.15 bits per heavy atom. The lowest BCUT2D eigenvalue weighted by Crippen LogP contribution is -2.02. The fraction of sp³-hybridized carbons (Fsp3) is 0.250. The molecule has 0 aliphatic heterocycles. The molecule has 13 heavy (non-hydrogen) atoms. The Hall–Kier alpha value is -0.800. The van der Waals surface area contributed by atoms with E-state index in [1.54, 1.807) is 13.1 Å². The van der Waals surface area contributed by atoms with Gasteiger partial charge in [0.2, 0.25) is 0 Å². The number of hydrogen-bond donors (Lipinski definition) is 1. The van der Waals surface area contributed by atoms with Gasteiger partial charge < -0.3 is 5.32 Å². The summed E-state index contributed by atoms with van der Waals surface area (Å²) in [4.78, 5) is 14.9. The minimum atomic E-state index is -0.140. The number of halogens is 2. The standard InChI is InChI=1S/C8H8Cl2N2O/c1-4(13)7-5(11-2)3-6(9)12-8(7)10/h3H,1-2H3,(H,11,12). The summed E-state index contributed by atoms with van der Waals surface area (Å²) >= 11 is 11.4. The predicted octanol–water partition coefficient (Wildman–Crippen LogP) is 2.63. The first-order valence-electron chi connectivity index (χ1n) is 3.61. The summed E-state index contributed by atoms with van der Waals surface area (Å²) in [5, 5.41) is 3.22. The first kappa shape index (κ1) is 10.3. The molecule has 1 aromatic heterocycles. The molecule has 0 atom stereocenters. The normalized spacial score (nSPS) is 9.85. The lowest BCUT2D eigenvalue weighted by Gasteiger charge is -2.07. The molecule has 0 amide bonds. The van der Waals surface area contributed by atoms with Crippen LogP contribution in [0.5, 0.6) is 0 Å². The van der Waals surface area contributed by atoms with Gasteiger partial charge in [-0.05, 0) is 13.0 Å². The van der Waals surface area contributed by atoms with E-state index in [9.17, 15) is 4.79 Å². The van der Waals surface area contributed by atoms with Crippen molar-refractivity contribution in [1.82, 2.24) is 4.98 Å². The van der Waals surface area contributed by atoms with Crippen molar-refractivity contribution in [3.63, 3.8) is 0 Å². The Balaban J connectivity index is 3.38. The summed E-state index contributed by atoms with van der Waals surface area (Å²) in [5.41, 5.74) is 0.964. The van der Waals surface area contributed by atoms with Crippen LogP contribution < -0.4 is 5.32 Å². The number of pyridine rings is 1. The van der Waals surface area contributed by atoms with Crippen LogP contribution in [0.2, 0.25) is 10.3 Å². The second-order valence-electron chi connectivity index (χ2n) is 2.46. The molecule has 0 spiro atoms. The predicted molar refractivity (Wildman–Crippen MR) is 53.8 cm³/mol. The van der Waals surface area contributed by atoms with Gasteiger partial charge in [-0.15, -0.1) is 0 Å². The molecule has 3 nitrogen and oxygen atoms in total. The second-order valence-corrected chi connectivity index (χ2v) is 3.21. The number of anilines is 1. The molecule has 0 aromatic carbocycles. The monoisotopic (exact) mass is 218 g/mol. The highest BCUT2D eigenvalue weighted by Crippen LogP contribution is 2.25. The molecule has 0 aliphatic rings. The number of carbonyl (C=O) groups excluding carboxylic acids is 1. The molecule has 1 rings (SSSR count). The van der Waals surface area contributed by atoms with Gasteiger partial charge in [0.25, 0.3) is 0 Å². The lowest BCUT2D eigenvalue weighted by molar-refractivity contribution is 0.101. The van der Waals surface area contributed by atoms with Crippen LogP contribution in [0.4, 0.5) is 5.69 Å². The number of hydrogen-bond acceptors (Lipinski definition) is 3.